The van der Waals surface area contributed by atoms with Crippen molar-refractivity contribution in [2.45, 2.75) is 44.2 Å². The fourth-order valence-electron chi connectivity index (χ4n) is 3.34. The SMILES string of the molecule is Cc1cc(C)c(S(=O)(=O)NC(CN(C)c2cccc(OC(F)(F)F)c2)C(F)(F)F)c(C)c1. The van der Waals surface area contributed by atoms with Crippen LogP contribution in [0, 0.1) is 20.8 Å². The maximum atomic E-state index is 13.7. The highest BCUT2D eigenvalue weighted by Gasteiger charge is 2.43. The molecule has 0 aromatic heterocycles. The molecule has 1 atom stereocenters. The van der Waals surface area contributed by atoms with E-state index < -0.39 is 40.9 Å². The first-order valence-corrected chi connectivity index (χ1v) is 10.7. The van der Waals surface area contributed by atoms with Gasteiger partial charge in [0, 0.05) is 25.3 Å². The third-order valence-corrected chi connectivity index (χ3v) is 6.29. The van der Waals surface area contributed by atoms with Gasteiger partial charge in [-0.1, -0.05) is 23.8 Å². The van der Waals surface area contributed by atoms with Crippen LogP contribution in [0.1, 0.15) is 16.7 Å². The number of benzene rings is 2. The zero-order valence-corrected chi connectivity index (χ0v) is 18.4. The minimum atomic E-state index is -4.97. The number of halogens is 6. The van der Waals surface area contributed by atoms with E-state index in [1.165, 1.54) is 33.0 Å². The van der Waals surface area contributed by atoms with E-state index in [-0.39, 0.29) is 10.6 Å². The lowest BCUT2D eigenvalue weighted by molar-refractivity contribution is -0.274. The van der Waals surface area contributed by atoms with Gasteiger partial charge in [0.05, 0.1) is 4.90 Å². The summed E-state index contributed by atoms with van der Waals surface area (Å²) in [5.74, 6) is -0.614. The van der Waals surface area contributed by atoms with Gasteiger partial charge in [0.15, 0.2) is 0 Å². The topological polar surface area (TPSA) is 58.6 Å². The average Bonchev–Trinajstić information content (AvgIpc) is 2.57. The first kappa shape index (κ1) is 25.8. The van der Waals surface area contributed by atoms with Crippen molar-refractivity contribution < 1.29 is 39.5 Å². The number of ether oxygens (including phenoxy) is 1. The number of hydrogen-bond donors (Lipinski definition) is 1. The quantitative estimate of drug-likeness (QED) is 0.571. The molecular formula is C20H22F6N2O3S. The van der Waals surface area contributed by atoms with Crippen LogP contribution in [0.3, 0.4) is 0 Å². The van der Waals surface area contributed by atoms with E-state index in [9.17, 15) is 34.8 Å². The third kappa shape index (κ3) is 6.76. The second kappa shape index (κ2) is 9.18. The smallest absolute Gasteiger partial charge is 0.406 e. The van der Waals surface area contributed by atoms with Crippen LogP contribution in [0.4, 0.5) is 32.0 Å². The van der Waals surface area contributed by atoms with E-state index in [1.54, 1.807) is 23.8 Å². The van der Waals surface area contributed by atoms with Gasteiger partial charge >= 0.3 is 12.5 Å². The summed E-state index contributed by atoms with van der Waals surface area (Å²) in [5, 5.41) is 0. The summed E-state index contributed by atoms with van der Waals surface area (Å²) in [7, 11) is -3.35. The molecule has 0 radical (unpaired) electrons. The Morgan fingerprint density at radius 3 is 2.06 bits per heavy atom. The maximum absolute atomic E-state index is 13.7. The molecule has 0 bridgehead atoms. The van der Waals surface area contributed by atoms with Crippen LogP contribution in [0.2, 0.25) is 0 Å². The molecule has 0 fully saturated rings. The summed E-state index contributed by atoms with van der Waals surface area (Å²) in [4.78, 5) is 0.735. The van der Waals surface area contributed by atoms with E-state index in [1.807, 2.05) is 0 Å². The third-order valence-electron chi connectivity index (χ3n) is 4.51. The van der Waals surface area contributed by atoms with Crippen LogP contribution in [0.5, 0.6) is 5.75 Å². The number of likely N-dealkylation sites (N-methyl/N-ethyl adjacent to an activating group) is 1. The molecule has 1 N–H and O–H groups in total. The molecule has 0 amide bonds. The largest absolute Gasteiger partial charge is 0.573 e. The first-order chi connectivity index (χ1) is 14.5. The van der Waals surface area contributed by atoms with E-state index in [0.717, 1.165) is 22.6 Å². The molecule has 2 rings (SSSR count). The minimum absolute atomic E-state index is 0.0251. The number of aryl methyl sites for hydroxylation is 3. The van der Waals surface area contributed by atoms with Gasteiger partial charge in [-0.3, -0.25) is 0 Å². The molecule has 0 heterocycles. The summed E-state index contributed by atoms with van der Waals surface area (Å²) in [6, 6.07) is 4.93. The molecule has 0 saturated carbocycles. The predicted molar refractivity (Wildman–Crippen MR) is 107 cm³/mol. The lowest BCUT2D eigenvalue weighted by atomic mass is 10.1. The lowest BCUT2D eigenvalue weighted by Crippen LogP contribution is -2.51. The van der Waals surface area contributed by atoms with Crippen molar-refractivity contribution in [1.29, 1.82) is 0 Å². The molecule has 5 nitrogen and oxygen atoms in total. The second-order valence-corrected chi connectivity index (χ2v) is 9.02. The summed E-state index contributed by atoms with van der Waals surface area (Å²) >= 11 is 0. The van der Waals surface area contributed by atoms with Crippen molar-refractivity contribution in [3.05, 3.63) is 53.1 Å². The number of nitrogens with zero attached hydrogens (tertiary/aromatic N) is 1. The van der Waals surface area contributed by atoms with Gasteiger partial charge < -0.3 is 9.64 Å². The van der Waals surface area contributed by atoms with Crippen molar-refractivity contribution in [2.75, 3.05) is 18.5 Å². The van der Waals surface area contributed by atoms with Crippen molar-refractivity contribution in [2.24, 2.45) is 0 Å². The molecule has 32 heavy (non-hydrogen) atoms. The maximum Gasteiger partial charge on any atom is 0.573 e. The number of nitrogens with one attached hydrogen (secondary N) is 1. The Morgan fingerprint density at radius 2 is 1.56 bits per heavy atom. The summed E-state index contributed by atoms with van der Waals surface area (Å²) in [6.07, 6.45) is -9.93. The van der Waals surface area contributed by atoms with Gasteiger partial charge in [-0.25, -0.2) is 8.42 Å². The summed E-state index contributed by atoms with van der Waals surface area (Å²) < 4.78 is 109. The van der Waals surface area contributed by atoms with E-state index in [2.05, 4.69) is 4.74 Å². The van der Waals surface area contributed by atoms with Gasteiger partial charge in [0.1, 0.15) is 11.8 Å². The average molecular weight is 484 g/mol. The van der Waals surface area contributed by atoms with Gasteiger partial charge in [-0.15, -0.1) is 13.2 Å². The van der Waals surface area contributed by atoms with E-state index >= 15 is 0 Å². The Bertz CT molecular complexity index is 1040. The Hall–Kier alpha value is -2.47. The lowest BCUT2D eigenvalue weighted by Gasteiger charge is -2.28. The van der Waals surface area contributed by atoms with E-state index in [4.69, 9.17) is 0 Å². The Labute approximate surface area is 182 Å². The van der Waals surface area contributed by atoms with Gasteiger partial charge in [0.2, 0.25) is 10.0 Å². The fourth-order valence-corrected chi connectivity index (χ4v) is 5.01. The number of sulfonamides is 1. The van der Waals surface area contributed by atoms with Crippen LogP contribution in [0.15, 0.2) is 41.3 Å². The van der Waals surface area contributed by atoms with Crippen LogP contribution in [-0.4, -0.2) is 40.6 Å². The van der Waals surface area contributed by atoms with E-state index in [0.29, 0.717) is 11.1 Å². The molecule has 178 valence electrons. The van der Waals surface area contributed by atoms with Crippen LogP contribution in [-0.2, 0) is 10.0 Å². The fraction of sp³-hybridized carbons (Fsp3) is 0.400. The van der Waals surface area contributed by atoms with Gasteiger partial charge in [-0.05, 0) is 44.0 Å². The van der Waals surface area contributed by atoms with Crippen molar-refractivity contribution in [1.82, 2.24) is 4.72 Å². The highest BCUT2D eigenvalue weighted by molar-refractivity contribution is 7.89. The molecule has 2 aromatic rings. The molecule has 0 spiro atoms. The monoisotopic (exact) mass is 484 g/mol. The molecule has 0 aliphatic rings. The molecular weight excluding hydrogens is 462 g/mol. The molecule has 0 saturated heterocycles. The molecule has 1 unspecified atom stereocenters. The van der Waals surface area contributed by atoms with Crippen LogP contribution < -0.4 is 14.4 Å². The molecule has 12 heteroatoms. The summed E-state index contributed by atoms with van der Waals surface area (Å²) in [5.41, 5.74) is 1.32. The minimum Gasteiger partial charge on any atom is -0.406 e. The zero-order valence-electron chi connectivity index (χ0n) is 17.6. The van der Waals surface area contributed by atoms with Crippen molar-refractivity contribution in [3.63, 3.8) is 0 Å². The van der Waals surface area contributed by atoms with Gasteiger partial charge in [-0.2, -0.15) is 17.9 Å². The molecule has 0 aliphatic heterocycles. The summed E-state index contributed by atoms with van der Waals surface area (Å²) in [6.45, 7) is 3.81. The number of anilines is 1. The van der Waals surface area contributed by atoms with Gasteiger partial charge in [0.25, 0.3) is 0 Å². The first-order valence-electron chi connectivity index (χ1n) is 9.23. The Kier molecular flexibility index (Phi) is 7.40. The number of rotatable bonds is 7. The molecule has 0 aliphatic carbocycles. The Balaban J connectivity index is 2.32. The second-order valence-electron chi connectivity index (χ2n) is 7.37. The highest BCUT2D eigenvalue weighted by Crippen LogP contribution is 2.29. The normalized spacial score (nSPS) is 13.7. The van der Waals surface area contributed by atoms with Crippen LogP contribution >= 0.6 is 0 Å². The number of hydrogen-bond acceptors (Lipinski definition) is 4. The standard InChI is InChI=1S/C20H22F6N2O3S/c1-12-8-13(2)18(14(3)9-12)32(29,30)27-17(19(21,22)23)11-28(4)15-6-5-7-16(10-15)31-20(24,25)26/h5-10,17,27H,11H2,1-4H3. The number of alkyl halides is 6. The predicted octanol–water partition coefficient (Wildman–Crippen LogP) is 4.86. The highest BCUT2D eigenvalue weighted by atomic mass is 32.2. The zero-order chi connectivity index (χ0) is 24.5. The molecule has 2 aromatic carbocycles. The Morgan fingerprint density at radius 1 is 1.00 bits per heavy atom. The van der Waals surface area contributed by atoms with Crippen molar-refractivity contribution >= 4 is 15.7 Å². The van der Waals surface area contributed by atoms with Crippen molar-refractivity contribution in [3.8, 4) is 5.75 Å². The van der Waals surface area contributed by atoms with Crippen LogP contribution in [0.25, 0.3) is 0 Å².